The normalized spacial score (nSPS) is 19.5. The smallest absolute Gasteiger partial charge is 0.0610 e. The summed E-state index contributed by atoms with van der Waals surface area (Å²) in [6.07, 6.45) is 4.79. The van der Waals surface area contributed by atoms with E-state index in [1.54, 1.807) is 0 Å². The Balaban J connectivity index is 2.24. The fourth-order valence-corrected chi connectivity index (χ4v) is 2.51. The van der Waals surface area contributed by atoms with E-state index >= 15 is 0 Å². The molecule has 0 aromatic carbocycles. The average Bonchev–Trinajstić information content (AvgIpc) is 3.11. The van der Waals surface area contributed by atoms with Gasteiger partial charge in [-0.25, -0.2) is 0 Å². The topological polar surface area (TPSA) is 35.5 Å². The number of hydrogen-bond donors (Lipinski definition) is 2. The Morgan fingerprint density at radius 1 is 1.39 bits per heavy atom. The molecule has 0 amide bonds. The maximum atomic E-state index is 9.55. The Kier molecular flexibility index (Phi) is 6.61. The lowest BCUT2D eigenvalue weighted by molar-refractivity contribution is 0.153. The molecular weight excluding hydrogens is 224 g/mol. The summed E-state index contributed by atoms with van der Waals surface area (Å²) in [4.78, 5) is 2.51. The van der Waals surface area contributed by atoms with Gasteiger partial charge in [-0.15, -0.1) is 0 Å². The van der Waals surface area contributed by atoms with Crippen molar-refractivity contribution >= 4 is 0 Å². The summed E-state index contributed by atoms with van der Waals surface area (Å²) >= 11 is 0. The Bertz CT molecular complexity index is 229. The van der Waals surface area contributed by atoms with Crippen LogP contribution in [0.5, 0.6) is 0 Å². The molecule has 1 atom stereocenters. The third-order valence-electron chi connectivity index (χ3n) is 3.75. The third-order valence-corrected chi connectivity index (χ3v) is 3.75. The molecule has 2 N–H and O–H groups in total. The molecule has 0 heterocycles. The van der Waals surface area contributed by atoms with Gasteiger partial charge in [0.25, 0.3) is 0 Å². The van der Waals surface area contributed by atoms with Gasteiger partial charge in [-0.1, -0.05) is 20.8 Å². The molecule has 18 heavy (non-hydrogen) atoms. The summed E-state index contributed by atoms with van der Waals surface area (Å²) in [5, 5.41) is 13.1. The fraction of sp³-hybridized carbons (Fsp3) is 1.00. The minimum Gasteiger partial charge on any atom is -0.394 e. The summed E-state index contributed by atoms with van der Waals surface area (Å²) < 4.78 is 0. The monoisotopic (exact) mass is 256 g/mol. The minimum atomic E-state index is -0.0710. The summed E-state index contributed by atoms with van der Waals surface area (Å²) in [6, 6.07) is 0.667. The standard InChI is InChI=1S/C15H32N2O/c1-5-17(11-13(2)3)10-6-9-15(4,12-18)16-14-7-8-14/h13-14,16,18H,5-12H2,1-4H3. The zero-order chi connectivity index (χ0) is 13.6. The maximum absolute atomic E-state index is 9.55. The highest BCUT2D eigenvalue weighted by Crippen LogP contribution is 2.24. The molecule has 1 aliphatic rings. The Labute approximate surface area is 113 Å². The van der Waals surface area contributed by atoms with Gasteiger partial charge in [0.15, 0.2) is 0 Å². The summed E-state index contributed by atoms with van der Waals surface area (Å²) in [6.45, 7) is 12.6. The lowest BCUT2D eigenvalue weighted by Gasteiger charge is -2.30. The van der Waals surface area contributed by atoms with Crippen LogP contribution in [0.25, 0.3) is 0 Å². The van der Waals surface area contributed by atoms with Gasteiger partial charge >= 0.3 is 0 Å². The van der Waals surface area contributed by atoms with Crippen LogP contribution in [-0.4, -0.2) is 47.8 Å². The number of aliphatic hydroxyl groups excluding tert-OH is 1. The summed E-state index contributed by atoms with van der Waals surface area (Å²) in [5.41, 5.74) is -0.0710. The van der Waals surface area contributed by atoms with Crippen molar-refractivity contribution < 1.29 is 5.11 Å². The predicted molar refractivity (Wildman–Crippen MR) is 77.8 cm³/mol. The number of aliphatic hydroxyl groups is 1. The van der Waals surface area contributed by atoms with Crippen LogP contribution in [0, 0.1) is 5.92 Å². The van der Waals surface area contributed by atoms with Crippen LogP contribution in [0.1, 0.15) is 53.4 Å². The first kappa shape index (κ1) is 15.9. The molecule has 0 spiro atoms. The molecule has 0 aromatic rings. The molecule has 0 radical (unpaired) electrons. The largest absolute Gasteiger partial charge is 0.394 e. The van der Waals surface area contributed by atoms with Crippen molar-refractivity contribution in [3.8, 4) is 0 Å². The van der Waals surface area contributed by atoms with Gasteiger partial charge in [0.05, 0.1) is 6.61 Å². The van der Waals surface area contributed by atoms with Crippen molar-refractivity contribution in [3.63, 3.8) is 0 Å². The molecule has 108 valence electrons. The predicted octanol–water partition coefficient (Wildman–Crippen LogP) is 2.25. The highest BCUT2D eigenvalue weighted by molar-refractivity contribution is 4.92. The van der Waals surface area contributed by atoms with Gasteiger partial charge in [0.1, 0.15) is 0 Å². The van der Waals surface area contributed by atoms with E-state index in [0.717, 1.165) is 31.8 Å². The number of rotatable bonds is 10. The van der Waals surface area contributed by atoms with Crippen molar-refractivity contribution in [1.82, 2.24) is 10.2 Å². The van der Waals surface area contributed by atoms with Gasteiger partial charge in [0.2, 0.25) is 0 Å². The molecule has 1 fully saturated rings. The second-order valence-electron chi connectivity index (χ2n) is 6.53. The molecule has 1 aliphatic carbocycles. The summed E-state index contributed by atoms with van der Waals surface area (Å²) in [5.74, 6) is 0.735. The second-order valence-corrected chi connectivity index (χ2v) is 6.53. The number of hydrogen-bond acceptors (Lipinski definition) is 3. The first-order valence-corrected chi connectivity index (χ1v) is 7.60. The highest BCUT2D eigenvalue weighted by Gasteiger charge is 2.31. The van der Waals surface area contributed by atoms with Gasteiger partial charge in [-0.2, -0.15) is 0 Å². The minimum absolute atomic E-state index is 0.0710. The first-order valence-electron chi connectivity index (χ1n) is 7.60. The number of nitrogens with zero attached hydrogens (tertiary/aromatic N) is 1. The van der Waals surface area contributed by atoms with Crippen LogP contribution < -0.4 is 5.32 Å². The van der Waals surface area contributed by atoms with E-state index in [9.17, 15) is 5.11 Å². The van der Waals surface area contributed by atoms with Crippen LogP contribution in [0.3, 0.4) is 0 Å². The van der Waals surface area contributed by atoms with Crippen molar-refractivity contribution in [2.45, 2.75) is 65.0 Å². The molecule has 1 rings (SSSR count). The van der Waals surface area contributed by atoms with E-state index in [0.29, 0.717) is 6.04 Å². The van der Waals surface area contributed by atoms with Gasteiger partial charge in [-0.3, -0.25) is 0 Å². The van der Waals surface area contributed by atoms with E-state index in [1.807, 2.05) is 0 Å². The Hall–Kier alpha value is -0.120. The van der Waals surface area contributed by atoms with Crippen molar-refractivity contribution in [2.24, 2.45) is 5.92 Å². The molecule has 0 saturated heterocycles. The molecule has 0 aromatic heterocycles. The van der Waals surface area contributed by atoms with Crippen LogP contribution in [-0.2, 0) is 0 Å². The lowest BCUT2D eigenvalue weighted by atomic mass is 9.96. The van der Waals surface area contributed by atoms with E-state index in [2.05, 4.69) is 37.9 Å². The molecule has 0 bridgehead atoms. The van der Waals surface area contributed by atoms with Crippen molar-refractivity contribution in [3.05, 3.63) is 0 Å². The zero-order valence-corrected chi connectivity index (χ0v) is 12.7. The highest BCUT2D eigenvalue weighted by atomic mass is 16.3. The Morgan fingerprint density at radius 2 is 2.06 bits per heavy atom. The maximum Gasteiger partial charge on any atom is 0.0610 e. The molecular formula is C15H32N2O. The molecule has 1 saturated carbocycles. The first-order chi connectivity index (χ1) is 8.49. The average molecular weight is 256 g/mol. The van der Waals surface area contributed by atoms with Gasteiger partial charge < -0.3 is 15.3 Å². The van der Waals surface area contributed by atoms with E-state index < -0.39 is 0 Å². The summed E-state index contributed by atoms with van der Waals surface area (Å²) in [7, 11) is 0. The molecule has 0 aliphatic heterocycles. The molecule has 1 unspecified atom stereocenters. The quantitative estimate of drug-likeness (QED) is 0.629. The zero-order valence-electron chi connectivity index (χ0n) is 12.7. The molecule has 3 heteroatoms. The Morgan fingerprint density at radius 3 is 2.50 bits per heavy atom. The van der Waals surface area contributed by atoms with E-state index in [-0.39, 0.29) is 12.1 Å². The number of nitrogens with one attached hydrogen (secondary N) is 1. The third kappa shape index (κ3) is 6.17. The SMILES string of the molecule is CCN(CCCC(C)(CO)NC1CC1)CC(C)C. The molecule has 3 nitrogen and oxygen atoms in total. The van der Waals surface area contributed by atoms with Crippen molar-refractivity contribution in [2.75, 3.05) is 26.2 Å². The van der Waals surface area contributed by atoms with Crippen LogP contribution in [0.15, 0.2) is 0 Å². The van der Waals surface area contributed by atoms with E-state index in [1.165, 1.54) is 19.4 Å². The van der Waals surface area contributed by atoms with Crippen molar-refractivity contribution in [1.29, 1.82) is 0 Å². The van der Waals surface area contributed by atoms with E-state index in [4.69, 9.17) is 0 Å². The van der Waals surface area contributed by atoms with Gasteiger partial charge in [0, 0.05) is 18.1 Å². The van der Waals surface area contributed by atoms with Crippen LogP contribution in [0.2, 0.25) is 0 Å². The lowest BCUT2D eigenvalue weighted by Crippen LogP contribution is -2.47. The van der Waals surface area contributed by atoms with Gasteiger partial charge in [-0.05, 0) is 51.6 Å². The van der Waals surface area contributed by atoms with Crippen LogP contribution in [0.4, 0.5) is 0 Å². The second kappa shape index (κ2) is 7.46. The fourth-order valence-electron chi connectivity index (χ4n) is 2.51. The van der Waals surface area contributed by atoms with Crippen LogP contribution >= 0.6 is 0 Å².